The highest BCUT2D eigenvalue weighted by Crippen LogP contribution is 2.39. The number of benzene rings is 3. The van der Waals surface area contributed by atoms with Gasteiger partial charge in [-0.25, -0.2) is 9.37 Å². The molecule has 1 fully saturated rings. The predicted molar refractivity (Wildman–Crippen MR) is 213 cm³/mol. The van der Waals surface area contributed by atoms with Crippen LogP contribution in [0.4, 0.5) is 21.6 Å². The van der Waals surface area contributed by atoms with Gasteiger partial charge in [0.05, 0.1) is 42.5 Å². The summed E-state index contributed by atoms with van der Waals surface area (Å²) in [6.07, 6.45) is 2.63. The minimum absolute atomic E-state index is 0.0678. The molecule has 3 aliphatic rings. The van der Waals surface area contributed by atoms with E-state index in [-0.39, 0.29) is 23.6 Å². The molecule has 3 aliphatic heterocycles. The number of hydrogen-bond acceptors (Lipinski definition) is 8. The number of amides is 2. The van der Waals surface area contributed by atoms with Crippen molar-refractivity contribution in [1.82, 2.24) is 19.4 Å². The maximum absolute atomic E-state index is 15.4. The van der Waals surface area contributed by atoms with E-state index < -0.39 is 11.9 Å². The number of pyridine rings is 1. The van der Waals surface area contributed by atoms with E-state index in [1.807, 2.05) is 48.7 Å². The lowest BCUT2D eigenvalue weighted by molar-refractivity contribution is 0.0193. The first-order valence-corrected chi connectivity index (χ1v) is 19.1. The number of likely N-dealkylation sites (N-methyl/N-ethyl adjacent to an activating group) is 1. The van der Waals surface area contributed by atoms with E-state index in [0.717, 1.165) is 43.0 Å². The Morgan fingerprint density at radius 2 is 1.70 bits per heavy atom. The van der Waals surface area contributed by atoms with E-state index in [2.05, 4.69) is 21.9 Å². The summed E-state index contributed by atoms with van der Waals surface area (Å²) < 4.78 is 28.7. The lowest BCUT2D eigenvalue weighted by Crippen LogP contribution is -2.52. The SMILES string of the molecule is COC(C)c1c(C(=O)N(c2ccc(O)cc2)c2cnc3c(c2)CCN3C)cc(-c2cc(F)ccc2C(=O)N2Cc3ccccc3C[C@H]2CN2CCOCC2)n1C. The monoisotopic (exact) mass is 758 g/mol. The Bertz CT molecular complexity index is 2270. The summed E-state index contributed by atoms with van der Waals surface area (Å²) in [6.45, 7) is 6.69. The molecule has 2 atom stereocenters. The fourth-order valence-electron chi connectivity index (χ4n) is 8.43. The summed E-state index contributed by atoms with van der Waals surface area (Å²) in [7, 11) is 5.38. The fraction of sp³-hybridized carbons (Fsp3) is 0.341. The molecular formula is C44H47FN6O5. The van der Waals surface area contributed by atoms with Gasteiger partial charge in [-0.05, 0) is 91.1 Å². The molecule has 1 saturated heterocycles. The molecule has 5 heterocycles. The largest absolute Gasteiger partial charge is 0.508 e. The second-order valence-electron chi connectivity index (χ2n) is 14.9. The van der Waals surface area contributed by atoms with Crippen LogP contribution in [0.15, 0.2) is 85.1 Å². The van der Waals surface area contributed by atoms with E-state index >= 15 is 9.18 Å². The van der Waals surface area contributed by atoms with E-state index in [4.69, 9.17) is 14.5 Å². The highest BCUT2D eigenvalue weighted by atomic mass is 19.1. The lowest BCUT2D eigenvalue weighted by Gasteiger charge is -2.40. The molecule has 3 aromatic carbocycles. The molecule has 12 heteroatoms. The van der Waals surface area contributed by atoms with E-state index in [9.17, 15) is 9.90 Å². The third kappa shape index (κ3) is 7.04. The fourth-order valence-corrected chi connectivity index (χ4v) is 8.43. The standard InChI is InChI=1S/C44H47FN6O5/c1-28(55-4)41-39(44(54)51(33-10-12-36(52)13-11-33)34-22-30-15-16-47(2)42(30)46-25-34)24-40(48(41)3)38-23-32(45)9-14-37(38)43(53)50-26-31-8-6-5-7-29(31)21-35(50)27-49-17-19-56-20-18-49/h5-14,22-25,28,35,52H,15-21,26-27H2,1-4H3/t28?,35-/m0/s1. The number of anilines is 3. The molecule has 0 saturated carbocycles. The number of halogens is 1. The molecular weight excluding hydrogens is 712 g/mol. The van der Waals surface area contributed by atoms with Gasteiger partial charge in [0.2, 0.25) is 0 Å². The Morgan fingerprint density at radius 3 is 2.45 bits per heavy atom. The average Bonchev–Trinajstić information content (AvgIpc) is 3.76. The number of morpholine rings is 1. The second kappa shape index (κ2) is 15.5. The minimum atomic E-state index is -0.551. The summed E-state index contributed by atoms with van der Waals surface area (Å²) in [5, 5.41) is 10.2. The normalized spacial score (nSPS) is 17.4. The Morgan fingerprint density at radius 1 is 0.946 bits per heavy atom. The van der Waals surface area contributed by atoms with Crippen molar-refractivity contribution in [1.29, 1.82) is 0 Å². The van der Waals surface area contributed by atoms with Gasteiger partial charge in [-0.1, -0.05) is 24.3 Å². The van der Waals surface area contributed by atoms with E-state index in [0.29, 0.717) is 72.2 Å². The van der Waals surface area contributed by atoms with Crippen LogP contribution in [0, 0.1) is 5.82 Å². The summed E-state index contributed by atoms with van der Waals surface area (Å²) in [6, 6.07) is 22.5. The van der Waals surface area contributed by atoms with Gasteiger partial charge in [-0.15, -0.1) is 0 Å². The minimum Gasteiger partial charge on any atom is -0.508 e. The van der Waals surface area contributed by atoms with Crippen LogP contribution in [-0.4, -0.2) is 95.9 Å². The first-order chi connectivity index (χ1) is 27.1. The first kappa shape index (κ1) is 37.4. The van der Waals surface area contributed by atoms with Crippen LogP contribution >= 0.6 is 0 Å². The zero-order valence-electron chi connectivity index (χ0n) is 32.2. The van der Waals surface area contributed by atoms with Crippen molar-refractivity contribution in [2.75, 3.05) is 63.4 Å². The van der Waals surface area contributed by atoms with Gasteiger partial charge in [-0.2, -0.15) is 0 Å². The van der Waals surface area contributed by atoms with E-state index in [1.54, 1.807) is 42.5 Å². The number of ether oxygens (including phenoxy) is 2. The van der Waals surface area contributed by atoms with Crippen molar-refractivity contribution < 1.29 is 28.6 Å². The van der Waals surface area contributed by atoms with Gasteiger partial charge in [-0.3, -0.25) is 19.4 Å². The number of aromatic nitrogens is 2. The summed E-state index contributed by atoms with van der Waals surface area (Å²) in [5.41, 5.74) is 6.53. The zero-order valence-corrected chi connectivity index (χ0v) is 32.2. The number of phenolic OH excluding ortho intramolecular Hbond substituents is 1. The Balaban J connectivity index is 1.22. The van der Waals surface area contributed by atoms with Crippen molar-refractivity contribution in [3.8, 4) is 17.0 Å². The molecule has 0 bridgehead atoms. The number of carbonyl (C=O) groups is 2. The molecule has 56 heavy (non-hydrogen) atoms. The van der Waals surface area contributed by atoms with E-state index in [1.165, 1.54) is 29.8 Å². The van der Waals surface area contributed by atoms with Crippen LogP contribution < -0.4 is 9.80 Å². The van der Waals surface area contributed by atoms with Crippen LogP contribution in [0.1, 0.15) is 56.1 Å². The Labute approximate surface area is 326 Å². The number of rotatable bonds is 9. The lowest BCUT2D eigenvalue weighted by atomic mass is 9.92. The first-order valence-electron chi connectivity index (χ1n) is 19.1. The number of carbonyl (C=O) groups excluding carboxylic acids is 2. The molecule has 1 unspecified atom stereocenters. The van der Waals surface area contributed by atoms with Crippen LogP contribution in [0.25, 0.3) is 11.3 Å². The molecule has 0 radical (unpaired) electrons. The van der Waals surface area contributed by atoms with Gasteiger partial charge in [0.25, 0.3) is 11.8 Å². The van der Waals surface area contributed by atoms with Crippen LogP contribution in [0.3, 0.4) is 0 Å². The number of nitrogens with zero attached hydrogens (tertiary/aromatic N) is 6. The molecule has 1 N–H and O–H groups in total. The molecule has 0 aliphatic carbocycles. The molecule has 2 amide bonds. The Kier molecular flexibility index (Phi) is 10.4. The van der Waals surface area contributed by atoms with Crippen molar-refractivity contribution in [3.05, 3.63) is 124 Å². The van der Waals surface area contributed by atoms with Crippen LogP contribution in [-0.2, 0) is 35.9 Å². The van der Waals surface area contributed by atoms with Crippen molar-refractivity contribution in [2.24, 2.45) is 7.05 Å². The number of aromatic hydroxyl groups is 1. The number of hydrogen-bond donors (Lipinski definition) is 1. The topological polar surface area (TPSA) is 104 Å². The highest BCUT2D eigenvalue weighted by Gasteiger charge is 2.35. The quantitative estimate of drug-likeness (QED) is 0.182. The maximum Gasteiger partial charge on any atom is 0.264 e. The van der Waals surface area contributed by atoms with Gasteiger partial charge in [0.1, 0.15) is 17.4 Å². The van der Waals surface area contributed by atoms with Gasteiger partial charge >= 0.3 is 0 Å². The molecule has 2 aromatic heterocycles. The zero-order chi connectivity index (χ0) is 39.1. The van der Waals surface area contributed by atoms with Crippen molar-refractivity contribution in [3.63, 3.8) is 0 Å². The number of methoxy groups -OCH3 is 1. The maximum atomic E-state index is 15.4. The summed E-state index contributed by atoms with van der Waals surface area (Å²) >= 11 is 0. The third-order valence-electron chi connectivity index (χ3n) is 11.5. The molecule has 0 spiro atoms. The Hall–Kier alpha value is -5.56. The number of phenols is 1. The van der Waals surface area contributed by atoms with Crippen LogP contribution in [0.2, 0.25) is 0 Å². The predicted octanol–water partition coefficient (Wildman–Crippen LogP) is 6.51. The summed E-state index contributed by atoms with van der Waals surface area (Å²) in [5.74, 6) is -0.135. The van der Waals surface area contributed by atoms with Gasteiger partial charge < -0.3 is 28.9 Å². The smallest absolute Gasteiger partial charge is 0.264 e. The average molecular weight is 759 g/mol. The molecule has 8 rings (SSSR count). The van der Waals surface area contributed by atoms with Crippen molar-refractivity contribution in [2.45, 2.75) is 38.5 Å². The van der Waals surface area contributed by atoms with Gasteiger partial charge in [0, 0.05) is 82.5 Å². The molecule has 290 valence electrons. The highest BCUT2D eigenvalue weighted by molar-refractivity contribution is 6.13. The number of fused-ring (bicyclic) bond motifs is 2. The third-order valence-corrected chi connectivity index (χ3v) is 11.5. The van der Waals surface area contributed by atoms with Crippen molar-refractivity contribution >= 4 is 29.0 Å². The second-order valence-corrected chi connectivity index (χ2v) is 14.9. The molecule has 11 nitrogen and oxygen atoms in total. The van der Waals surface area contributed by atoms with Crippen LogP contribution in [0.5, 0.6) is 5.75 Å². The van der Waals surface area contributed by atoms with Gasteiger partial charge in [0.15, 0.2) is 0 Å². The summed E-state index contributed by atoms with van der Waals surface area (Å²) in [4.78, 5) is 42.7. The molecule has 5 aromatic rings.